The van der Waals surface area contributed by atoms with Crippen molar-refractivity contribution in [3.8, 4) is 17.0 Å². The summed E-state index contributed by atoms with van der Waals surface area (Å²) in [5.74, 6) is -1.79. The van der Waals surface area contributed by atoms with Crippen LogP contribution in [-0.4, -0.2) is 29.1 Å². The number of benzene rings is 2. The first-order chi connectivity index (χ1) is 14.4. The van der Waals surface area contributed by atoms with Gasteiger partial charge in [-0.3, -0.25) is 9.59 Å². The lowest BCUT2D eigenvalue weighted by atomic mass is 9.98. The first kappa shape index (κ1) is 21.0. The Balaban J connectivity index is 1.96. The summed E-state index contributed by atoms with van der Waals surface area (Å²) in [5, 5.41) is 12.0. The van der Waals surface area contributed by atoms with E-state index in [-0.39, 0.29) is 23.4 Å². The van der Waals surface area contributed by atoms with Crippen molar-refractivity contribution >= 4 is 11.9 Å². The molecule has 0 bridgehead atoms. The van der Waals surface area contributed by atoms with E-state index in [9.17, 15) is 19.1 Å². The van der Waals surface area contributed by atoms with Gasteiger partial charge in [-0.1, -0.05) is 36.4 Å². The molecule has 0 aliphatic carbocycles. The topological polar surface area (TPSA) is 88.5 Å². The molecule has 0 aliphatic heterocycles. The van der Waals surface area contributed by atoms with Gasteiger partial charge in [-0.15, -0.1) is 0 Å². The number of rotatable bonds is 7. The number of nitrogens with one attached hydrogen (secondary N) is 1. The highest BCUT2D eigenvalue weighted by molar-refractivity contribution is 5.93. The number of hydrogen-bond donors (Lipinski definition) is 2. The van der Waals surface area contributed by atoms with E-state index >= 15 is 0 Å². The van der Waals surface area contributed by atoms with Crippen LogP contribution in [-0.2, 0) is 4.79 Å². The average molecular weight is 408 g/mol. The van der Waals surface area contributed by atoms with Crippen LogP contribution in [0, 0.1) is 12.7 Å². The lowest BCUT2D eigenvalue weighted by Crippen LogP contribution is -2.31. The Bertz CT molecular complexity index is 1080. The molecule has 0 aliphatic rings. The zero-order valence-corrected chi connectivity index (χ0v) is 16.6. The van der Waals surface area contributed by atoms with Crippen LogP contribution >= 0.6 is 0 Å². The van der Waals surface area contributed by atoms with Gasteiger partial charge in [0.15, 0.2) is 0 Å². The minimum absolute atomic E-state index is 0.0260. The number of carboxylic acid groups (broad SMARTS) is 1. The molecule has 0 fully saturated rings. The Morgan fingerprint density at radius 3 is 2.47 bits per heavy atom. The van der Waals surface area contributed by atoms with Crippen LogP contribution in [0.2, 0.25) is 0 Å². The summed E-state index contributed by atoms with van der Waals surface area (Å²) in [4.78, 5) is 28.5. The van der Waals surface area contributed by atoms with E-state index in [4.69, 9.17) is 4.74 Å². The van der Waals surface area contributed by atoms with Gasteiger partial charge < -0.3 is 15.2 Å². The Labute approximate surface area is 173 Å². The van der Waals surface area contributed by atoms with E-state index in [0.717, 1.165) is 5.56 Å². The number of carbonyl (C=O) groups excluding carboxylic acids is 1. The molecule has 1 amide bonds. The normalized spacial score (nSPS) is 11.6. The summed E-state index contributed by atoms with van der Waals surface area (Å²) in [7, 11) is 1.43. The number of carboxylic acids is 1. The predicted molar refractivity (Wildman–Crippen MR) is 110 cm³/mol. The summed E-state index contributed by atoms with van der Waals surface area (Å²) in [5.41, 5.74) is 1.98. The maximum atomic E-state index is 14.3. The van der Waals surface area contributed by atoms with Gasteiger partial charge in [-0.05, 0) is 42.3 Å². The number of halogens is 1. The number of amides is 1. The fraction of sp³-hybridized carbons (Fsp3) is 0.174. The van der Waals surface area contributed by atoms with Crippen LogP contribution < -0.4 is 10.1 Å². The number of hydrogen-bond acceptors (Lipinski definition) is 4. The van der Waals surface area contributed by atoms with Crippen molar-refractivity contribution in [2.45, 2.75) is 19.4 Å². The molecular weight excluding hydrogens is 387 g/mol. The first-order valence-corrected chi connectivity index (χ1v) is 9.28. The molecule has 3 aromatic rings. The molecule has 1 atom stereocenters. The maximum absolute atomic E-state index is 14.3. The van der Waals surface area contributed by atoms with E-state index in [2.05, 4.69) is 10.3 Å². The highest BCUT2D eigenvalue weighted by Crippen LogP contribution is 2.30. The lowest BCUT2D eigenvalue weighted by Gasteiger charge is -2.19. The van der Waals surface area contributed by atoms with Crippen molar-refractivity contribution in [2.24, 2.45) is 0 Å². The number of carbonyl (C=O) groups is 2. The molecule has 0 unspecified atom stereocenters. The van der Waals surface area contributed by atoms with Gasteiger partial charge in [-0.2, -0.15) is 0 Å². The summed E-state index contributed by atoms with van der Waals surface area (Å²) >= 11 is 0. The van der Waals surface area contributed by atoms with Gasteiger partial charge in [0.1, 0.15) is 23.0 Å². The number of aliphatic carboxylic acids is 1. The highest BCUT2D eigenvalue weighted by atomic mass is 19.1. The molecule has 2 N–H and O–H groups in total. The Morgan fingerprint density at radius 2 is 1.80 bits per heavy atom. The fourth-order valence-electron chi connectivity index (χ4n) is 3.21. The monoisotopic (exact) mass is 408 g/mol. The van der Waals surface area contributed by atoms with Crippen LogP contribution in [0.15, 0.2) is 60.7 Å². The predicted octanol–water partition coefficient (Wildman–Crippen LogP) is 4.15. The van der Waals surface area contributed by atoms with Gasteiger partial charge in [0.25, 0.3) is 5.91 Å². The molecular formula is C23H21FN2O4. The van der Waals surface area contributed by atoms with Gasteiger partial charge >= 0.3 is 5.97 Å². The molecule has 6 nitrogen and oxygen atoms in total. The summed E-state index contributed by atoms with van der Waals surface area (Å²) in [6, 6.07) is 15.5. The van der Waals surface area contributed by atoms with Crippen molar-refractivity contribution in [3.05, 3.63) is 83.3 Å². The maximum Gasteiger partial charge on any atom is 0.305 e. The van der Waals surface area contributed by atoms with Crippen molar-refractivity contribution < 1.29 is 23.8 Å². The van der Waals surface area contributed by atoms with Crippen LogP contribution in [0.3, 0.4) is 0 Å². The number of nitrogens with zero attached hydrogens (tertiary/aromatic N) is 1. The van der Waals surface area contributed by atoms with Crippen LogP contribution in [0.5, 0.6) is 5.75 Å². The van der Waals surface area contributed by atoms with Crippen LogP contribution in [0.1, 0.15) is 34.1 Å². The number of ether oxygens (including phenoxy) is 1. The molecule has 7 heteroatoms. The molecule has 154 valence electrons. The first-order valence-electron chi connectivity index (χ1n) is 9.28. The Hall–Kier alpha value is -3.74. The lowest BCUT2D eigenvalue weighted by molar-refractivity contribution is -0.137. The second-order valence-electron chi connectivity index (χ2n) is 6.71. The smallest absolute Gasteiger partial charge is 0.305 e. The zero-order chi connectivity index (χ0) is 21.7. The zero-order valence-electron chi connectivity index (χ0n) is 16.6. The number of methoxy groups -OCH3 is 1. The third kappa shape index (κ3) is 4.63. The third-order valence-electron chi connectivity index (χ3n) is 4.69. The summed E-state index contributed by atoms with van der Waals surface area (Å²) in [6.45, 7) is 1.85. The van der Waals surface area contributed by atoms with Crippen molar-refractivity contribution in [3.63, 3.8) is 0 Å². The minimum Gasteiger partial charge on any atom is -0.494 e. The molecule has 0 spiro atoms. The second-order valence-corrected chi connectivity index (χ2v) is 6.71. The van der Waals surface area contributed by atoms with E-state index < -0.39 is 23.7 Å². The number of aromatic nitrogens is 1. The molecule has 0 radical (unpaired) electrons. The average Bonchev–Trinajstić information content (AvgIpc) is 2.73. The standard InChI is InChI=1S/C23H21FN2O4/c1-14-7-3-4-8-15(14)19(13-21(27)28)26-23(29)18-11-12-20(30-2)22(25-18)16-9-5-6-10-17(16)24/h3-12,19H,13H2,1-2H3,(H,26,29)(H,27,28)/t19-/m0/s1. The molecule has 1 aromatic heterocycles. The van der Waals surface area contributed by atoms with E-state index in [1.807, 2.05) is 19.1 Å². The van der Waals surface area contributed by atoms with Crippen molar-refractivity contribution in [1.82, 2.24) is 10.3 Å². The fourth-order valence-corrected chi connectivity index (χ4v) is 3.21. The third-order valence-corrected chi connectivity index (χ3v) is 4.69. The highest BCUT2D eigenvalue weighted by Gasteiger charge is 2.22. The molecule has 2 aromatic carbocycles. The van der Waals surface area contributed by atoms with E-state index in [1.165, 1.54) is 25.3 Å². The van der Waals surface area contributed by atoms with Crippen LogP contribution in [0.25, 0.3) is 11.3 Å². The molecule has 1 heterocycles. The van der Waals surface area contributed by atoms with Gasteiger partial charge in [0.2, 0.25) is 0 Å². The Morgan fingerprint density at radius 1 is 1.10 bits per heavy atom. The van der Waals surface area contributed by atoms with Gasteiger partial charge in [0, 0.05) is 5.56 Å². The molecule has 0 saturated carbocycles. The summed E-state index contributed by atoms with van der Waals surface area (Å²) in [6.07, 6.45) is -0.285. The van der Waals surface area contributed by atoms with E-state index in [0.29, 0.717) is 11.3 Å². The summed E-state index contributed by atoms with van der Waals surface area (Å²) < 4.78 is 19.6. The van der Waals surface area contributed by atoms with Crippen LogP contribution in [0.4, 0.5) is 4.39 Å². The quantitative estimate of drug-likeness (QED) is 0.613. The molecule has 0 saturated heterocycles. The van der Waals surface area contributed by atoms with Crippen molar-refractivity contribution in [1.29, 1.82) is 0 Å². The largest absolute Gasteiger partial charge is 0.494 e. The number of aryl methyl sites for hydroxylation is 1. The SMILES string of the molecule is COc1ccc(C(=O)N[C@@H](CC(=O)O)c2ccccc2C)nc1-c1ccccc1F. The van der Waals surface area contributed by atoms with Gasteiger partial charge in [-0.25, -0.2) is 9.37 Å². The van der Waals surface area contributed by atoms with Crippen molar-refractivity contribution in [2.75, 3.05) is 7.11 Å². The minimum atomic E-state index is -1.04. The van der Waals surface area contributed by atoms with E-state index in [1.54, 1.807) is 30.3 Å². The molecule has 30 heavy (non-hydrogen) atoms. The molecule has 3 rings (SSSR count). The van der Waals surface area contributed by atoms with Gasteiger partial charge in [0.05, 0.1) is 19.6 Å². The number of pyridine rings is 1. The second kappa shape index (κ2) is 9.17. The Kier molecular flexibility index (Phi) is 6.41.